The zero-order valence-electron chi connectivity index (χ0n) is 17.6. The first kappa shape index (κ1) is 22.5. The lowest BCUT2D eigenvalue weighted by Gasteiger charge is -2.15. The van der Waals surface area contributed by atoms with Crippen LogP contribution in [0.2, 0.25) is 0 Å². The number of aromatic amines is 1. The van der Waals surface area contributed by atoms with Gasteiger partial charge in [0.2, 0.25) is 0 Å². The molecular formula is C20H24F2N4O5. The lowest BCUT2D eigenvalue weighted by Crippen LogP contribution is -2.32. The van der Waals surface area contributed by atoms with Crippen molar-refractivity contribution in [1.29, 1.82) is 0 Å². The number of rotatable bonds is 9. The average Bonchev–Trinajstić information content (AvgIpc) is 3.08. The van der Waals surface area contributed by atoms with Gasteiger partial charge in [0, 0.05) is 20.2 Å². The van der Waals surface area contributed by atoms with E-state index in [1.807, 2.05) is 13.8 Å². The quantitative estimate of drug-likeness (QED) is 0.551. The molecule has 0 fully saturated rings. The highest BCUT2D eigenvalue weighted by molar-refractivity contribution is 5.80. The predicted molar refractivity (Wildman–Crippen MR) is 110 cm³/mol. The van der Waals surface area contributed by atoms with Crippen molar-refractivity contribution in [2.45, 2.75) is 33.5 Å². The molecule has 0 bridgehead atoms. The molecule has 3 aromatic rings. The Balaban J connectivity index is 2.39. The van der Waals surface area contributed by atoms with E-state index in [4.69, 9.17) is 14.2 Å². The Bertz CT molecular complexity index is 1180. The van der Waals surface area contributed by atoms with Crippen LogP contribution in [0.4, 0.5) is 8.78 Å². The number of H-pyrrole nitrogens is 1. The van der Waals surface area contributed by atoms with Crippen LogP contribution in [0.3, 0.4) is 0 Å². The summed E-state index contributed by atoms with van der Waals surface area (Å²) < 4.78 is 44.2. The fourth-order valence-electron chi connectivity index (χ4n) is 3.38. The molecule has 0 aliphatic rings. The number of halogens is 2. The van der Waals surface area contributed by atoms with Crippen molar-refractivity contribution in [2.24, 2.45) is 5.92 Å². The van der Waals surface area contributed by atoms with Gasteiger partial charge in [-0.2, -0.15) is 8.78 Å². The number of nitrogens with one attached hydrogen (secondary N) is 1. The molecule has 3 rings (SSSR count). The fourth-order valence-corrected chi connectivity index (χ4v) is 3.38. The Kier molecular flexibility index (Phi) is 6.74. The van der Waals surface area contributed by atoms with Gasteiger partial charge in [0.1, 0.15) is 5.82 Å². The molecule has 1 N–H and O–H groups in total. The number of alkyl halides is 2. The predicted octanol–water partition coefficient (Wildman–Crippen LogP) is 2.47. The van der Waals surface area contributed by atoms with Gasteiger partial charge in [-0.15, -0.1) is 0 Å². The minimum absolute atomic E-state index is 0.0802. The van der Waals surface area contributed by atoms with E-state index in [1.165, 1.54) is 35.5 Å². The highest BCUT2D eigenvalue weighted by Crippen LogP contribution is 2.39. The molecule has 0 spiro atoms. The van der Waals surface area contributed by atoms with Gasteiger partial charge in [-0.1, -0.05) is 19.9 Å². The van der Waals surface area contributed by atoms with Crippen molar-refractivity contribution in [3.05, 3.63) is 39.0 Å². The van der Waals surface area contributed by atoms with E-state index in [0.717, 1.165) is 0 Å². The number of hydrogen-bond acceptors (Lipinski definition) is 6. The Hall–Kier alpha value is -3.21. The molecular weight excluding hydrogens is 414 g/mol. The van der Waals surface area contributed by atoms with Crippen LogP contribution in [-0.4, -0.2) is 46.5 Å². The smallest absolute Gasteiger partial charge is 0.387 e. The summed E-state index contributed by atoms with van der Waals surface area (Å²) in [6, 6.07) is 4.60. The molecule has 9 nitrogen and oxygen atoms in total. The second-order valence-electron chi connectivity index (χ2n) is 7.23. The number of ether oxygens (including phenoxy) is 3. The van der Waals surface area contributed by atoms with Crippen molar-refractivity contribution in [2.75, 3.05) is 20.8 Å². The van der Waals surface area contributed by atoms with Gasteiger partial charge in [-0.05, 0) is 18.1 Å². The number of para-hydroxylation sites is 1. The normalized spacial score (nSPS) is 11.6. The van der Waals surface area contributed by atoms with E-state index in [1.54, 1.807) is 6.07 Å². The molecule has 0 unspecified atom stereocenters. The third-order valence-electron chi connectivity index (χ3n) is 4.60. The molecule has 0 atom stereocenters. The molecule has 0 radical (unpaired) electrons. The zero-order chi connectivity index (χ0) is 22.7. The summed E-state index contributed by atoms with van der Waals surface area (Å²) in [5.41, 5.74) is -0.745. The summed E-state index contributed by atoms with van der Waals surface area (Å²) in [4.78, 5) is 32.0. The number of hydrogen-bond donors (Lipinski definition) is 1. The Labute approximate surface area is 176 Å². The minimum atomic E-state index is -3.10. The molecule has 0 amide bonds. The van der Waals surface area contributed by atoms with E-state index in [9.17, 15) is 18.4 Å². The molecule has 11 heteroatoms. The maximum Gasteiger partial charge on any atom is 0.387 e. The number of fused-ring (bicyclic) bond motifs is 1. The largest absolute Gasteiger partial charge is 0.493 e. The van der Waals surface area contributed by atoms with Gasteiger partial charge in [-0.3, -0.25) is 14.3 Å². The van der Waals surface area contributed by atoms with Gasteiger partial charge in [-0.25, -0.2) is 9.78 Å². The molecule has 2 heterocycles. The van der Waals surface area contributed by atoms with E-state index >= 15 is 0 Å². The molecule has 0 aliphatic heterocycles. The molecule has 168 valence electrons. The molecule has 0 saturated carbocycles. The third-order valence-corrected chi connectivity index (χ3v) is 4.60. The molecule has 0 aliphatic carbocycles. The SMILES string of the molecule is COCCn1c(-c2cccc(OC)c2OC(F)F)nc2c1c(=O)[nH]c(=O)n2CC(C)C. The van der Waals surface area contributed by atoms with E-state index in [0.29, 0.717) is 6.54 Å². The van der Waals surface area contributed by atoms with Crippen LogP contribution < -0.4 is 20.7 Å². The van der Waals surface area contributed by atoms with Gasteiger partial charge in [0.15, 0.2) is 22.7 Å². The van der Waals surface area contributed by atoms with Crippen LogP contribution in [-0.2, 0) is 17.8 Å². The number of imidazole rings is 1. The number of nitrogens with zero attached hydrogens (tertiary/aromatic N) is 3. The summed E-state index contributed by atoms with van der Waals surface area (Å²) in [5.74, 6) is 0.129. The van der Waals surface area contributed by atoms with E-state index in [-0.39, 0.29) is 53.1 Å². The number of methoxy groups -OCH3 is 2. The van der Waals surface area contributed by atoms with Crippen molar-refractivity contribution >= 4 is 11.2 Å². The van der Waals surface area contributed by atoms with E-state index < -0.39 is 17.9 Å². The average molecular weight is 438 g/mol. The van der Waals surface area contributed by atoms with Crippen LogP contribution in [0, 0.1) is 5.92 Å². The van der Waals surface area contributed by atoms with Gasteiger partial charge < -0.3 is 18.8 Å². The van der Waals surface area contributed by atoms with Crippen LogP contribution >= 0.6 is 0 Å². The molecule has 2 aromatic heterocycles. The van der Waals surface area contributed by atoms with Gasteiger partial charge >= 0.3 is 12.3 Å². The Morgan fingerprint density at radius 3 is 2.52 bits per heavy atom. The van der Waals surface area contributed by atoms with Gasteiger partial charge in [0.05, 0.1) is 19.3 Å². The molecule has 31 heavy (non-hydrogen) atoms. The summed E-state index contributed by atoms with van der Waals surface area (Å²) in [6.45, 7) is 1.46. The molecule has 0 saturated heterocycles. The summed E-state index contributed by atoms with van der Waals surface area (Å²) in [7, 11) is 2.82. The standard InChI is InChI=1S/C20H24F2N4O5/c1-11(2)10-26-17-14(18(27)24-20(26)28)25(8-9-29-3)16(23-17)12-6-5-7-13(30-4)15(12)31-19(21)22/h5-7,11,19H,8-10H2,1-4H3,(H,24,27,28). The lowest BCUT2D eigenvalue weighted by molar-refractivity contribution is -0.0508. The van der Waals surface area contributed by atoms with Crippen LogP contribution in [0.15, 0.2) is 27.8 Å². The van der Waals surface area contributed by atoms with Crippen LogP contribution in [0.25, 0.3) is 22.6 Å². The number of benzene rings is 1. The highest BCUT2D eigenvalue weighted by atomic mass is 19.3. The Morgan fingerprint density at radius 2 is 1.90 bits per heavy atom. The van der Waals surface area contributed by atoms with Crippen molar-refractivity contribution in [1.82, 2.24) is 19.1 Å². The van der Waals surface area contributed by atoms with E-state index in [2.05, 4.69) is 9.97 Å². The lowest BCUT2D eigenvalue weighted by atomic mass is 10.1. The zero-order valence-corrected chi connectivity index (χ0v) is 17.6. The summed E-state index contributed by atoms with van der Waals surface area (Å²) >= 11 is 0. The minimum Gasteiger partial charge on any atom is -0.493 e. The van der Waals surface area contributed by atoms with Crippen molar-refractivity contribution in [3.63, 3.8) is 0 Å². The Morgan fingerprint density at radius 1 is 1.16 bits per heavy atom. The van der Waals surface area contributed by atoms with Gasteiger partial charge in [0.25, 0.3) is 5.56 Å². The number of aromatic nitrogens is 4. The van der Waals surface area contributed by atoms with Crippen molar-refractivity contribution < 1.29 is 23.0 Å². The van der Waals surface area contributed by atoms with Crippen LogP contribution in [0.5, 0.6) is 11.5 Å². The first-order valence-electron chi connectivity index (χ1n) is 9.62. The maximum absolute atomic E-state index is 13.1. The topological polar surface area (TPSA) is 100 Å². The molecule has 1 aromatic carbocycles. The summed E-state index contributed by atoms with van der Waals surface area (Å²) in [6.07, 6.45) is 0. The maximum atomic E-state index is 13.1. The first-order valence-corrected chi connectivity index (χ1v) is 9.62. The van der Waals surface area contributed by atoms with Crippen LogP contribution in [0.1, 0.15) is 13.8 Å². The highest BCUT2D eigenvalue weighted by Gasteiger charge is 2.24. The summed E-state index contributed by atoms with van der Waals surface area (Å²) in [5, 5.41) is 0. The second-order valence-corrected chi connectivity index (χ2v) is 7.23. The second kappa shape index (κ2) is 9.29. The van der Waals surface area contributed by atoms with Crippen molar-refractivity contribution in [3.8, 4) is 22.9 Å². The monoisotopic (exact) mass is 438 g/mol. The fraction of sp³-hybridized carbons (Fsp3) is 0.450. The first-order chi connectivity index (χ1) is 14.8. The third kappa shape index (κ3) is 4.46.